The Balaban J connectivity index is 1.66. The number of carbonyl (C=O) groups excluding carboxylic acids is 1. The predicted octanol–water partition coefficient (Wildman–Crippen LogP) is 3.28. The lowest BCUT2D eigenvalue weighted by atomic mass is 10.1. The van der Waals surface area contributed by atoms with E-state index in [0.29, 0.717) is 11.4 Å². The minimum Gasteiger partial charge on any atom is -0.484 e. The maximum atomic E-state index is 12.2. The van der Waals surface area contributed by atoms with Gasteiger partial charge in [0.1, 0.15) is 5.75 Å². The zero-order chi connectivity index (χ0) is 16.8. The number of hydrogen-bond acceptors (Lipinski definition) is 4. The largest absolute Gasteiger partial charge is 0.484 e. The van der Waals surface area contributed by atoms with Gasteiger partial charge in [0, 0.05) is 18.8 Å². The normalized spacial score (nSPS) is 14.2. The van der Waals surface area contributed by atoms with Gasteiger partial charge in [-0.1, -0.05) is 18.2 Å². The Hall–Kier alpha value is -2.69. The van der Waals surface area contributed by atoms with Crippen LogP contribution in [0.5, 0.6) is 5.75 Å². The number of ether oxygens (including phenoxy) is 1. The van der Waals surface area contributed by atoms with Gasteiger partial charge in [0.2, 0.25) is 0 Å². The quantitative estimate of drug-likeness (QED) is 0.828. The Kier molecular flexibility index (Phi) is 5.21. The highest BCUT2D eigenvalue weighted by Crippen LogP contribution is 2.30. The van der Waals surface area contributed by atoms with E-state index in [4.69, 9.17) is 10.5 Å². The SMILES string of the molecule is Nc1ccc(N2CCCCC2)c(NC(=O)COc2ccccc2)c1. The highest BCUT2D eigenvalue weighted by atomic mass is 16.5. The van der Waals surface area contributed by atoms with Crippen LogP contribution < -0.4 is 20.7 Å². The Morgan fingerprint density at radius 2 is 1.83 bits per heavy atom. The van der Waals surface area contributed by atoms with Gasteiger partial charge in [-0.05, 0) is 49.6 Å². The monoisotopic (exact) mass is 325 g/mol. The zero-order valence-corrected chi connectivity index (χ0v) is 13.7. The van der Waals surface area contributed by atoms with Gasteiger partial charge in [-0.2, -0.15) is 0 Å². The van der Waals surface area contributed by atoms with E-state index in [0.717, 1.165) is 24.5 Å². The maximum absolute atomic E-state index is 12.2. The summed E-state index contributed by atoms with van der Waals surface area (Å²) in [6, 6.07) is 15.0. The van der Waals surface area contributed by atoms with E-state index in [1.807, 2.05) is 48.5 Å². The summed E-state index contributed by atoms with van der Waals surface area (Å²) in [4.78, 5) is 14.5. The summed E-state index contributed by atoms with van der Waals surface area (Å²) in [7, 11) is 0. The number of nitrogens with two attached hydrogens (primary N) is 1. The summed E-state index contributed by atoms with van der Waals surface area (Å²) in [5.41, 5.74) is 8.30. The molecule has 1 heterocycles. The standard InChI is InChI=1S/C19H23N3O2/c20-15-9-10-18(22-11-5-2-6-12-22)17(13-15)21-19(23)14-24-16-7-3-1-4-8-16/h1,3-4,7-10,13H,2,5-6,11-12,14,20H2,(H,21,23). The number of piperidine rings is 1. The van der Waals surface area contributed by atoms with E-state index in [-0.39, 0.29) is 12.5 Å². The van der Waals surface area contributed by atoms with Crippen molar-refractivity contribution in [3.05, 3.63) is 48.5 Å². The first-order valence-corrected chi connectivity index (χ1v) is 8.34. The highest BCUT2D eigenvalue weighted by Gasteiger charge is 2.16. The number of para-hydroxylation sites is 1. The fraction of sp³-hybridized carbons (Fsp3) is 0.316. The first-order chi connectivity index (χ1) is 11.7. The summed E-state index contributed by atoms with van der Waals surface area (Å²) in [5, 5.41) is 2.93. The van der Waals surface area contributed by atoms with E-state index >= 15 is 0 Å². The summed E-state index contributed by atoms with van der Waals surface area (Å²) in [5.74, 6) is 0.485. The lowest BCUT2D eigenvalue weighted by molar-refractivity contribution is -0.118. The molecule has 0 bridgehead atoms. The number of nitrogens with zero attached hydrogens (tertiary/aromatic N) is 1. The van der Waals surface area contributed by atoms with Crippen LogP contribution in [0, 0.1) is 0 Å². The molecule has 1 amide bonds. The molecule has 5 nitrogen and oxygen atoms in total. The predicted molar refractivity (Wildman–Crippen MR) is 97.5 cm³/mol. The number of anilines is 3. The molecule has 1 aliphatic heterocycles. The number of carbonyl (C=O) groups is 1. The van der Waals surface area contributed by atoms with Crippen molar-refractivity contribution in [3.63, 3.8) is 0 Å². The third kappa shape index (κ3) is 4.19. The number of benzene rings is 2. The van der Waals surface area contributed by atoms with Crippen molar-refractivity contribution in [2.75, 3.05) is 35.6 Å². The van der Waals surface area contributed by atoms with Gasteiger partial charge >= 0.3 is 0 Å². The zero-order valence-electron chi connectivity index (χ0n) is 13.7. The Labute approximate surface area is 142 Å². The van der Waals surface area contributed by atoms with Crippen molar-refractivity contribution in [2.24, 2.45) is 0 Å². The van der Waals surface area contributed by atoms with Gasteiger partial charge in [0.15, 0.2) is 6.61 Å². The molecule has 0 spiro atoms. The molecule has 5 heteroatoms. The molecule has 24 heavy (non-hydrogen) atoms. The van der Waals surface area contributed by atoms with Crippen LogP contribution in [0.2, 0.25) is 0 Å². The molecular weight excluding hydrogens is 302 g/mol. The molecule has 0 unspecified atom stereocenters. The first kappa shape index (κ1) is 16.2. The van der Waals surface area contributed by atoms with Crippen LogP contribution in [-0.4, -0.2) is 25.6 Å². The smallest absolute Gasteiger partial charge is 0.262 e. The number of amides is 1. The average molecular weight is 325 g/mol. The van der Waals surface area contributed by atoms with Crippen molar-refractivity contribution >= 4 is 23.0 Å². The molecule has 126 valence electrons. The molecule has 0 aromatic heterocycles. The minimum atomic E-state index is -0.192. The molecule has 1 fully saturated rings. The maximum Gasteiger partial charge on any atom is 0.262 e. The third-order valence-electron chi connectivity index (χ3n) is 4.10. The van der Waals surface area contributed by atoms with Crippen LogP contribution in [-0.2, 0) is 4.79 Å². The molecule has 0 aliphatic carbocycles. The lowest BCUT2D eigenvalue weighted by Crippen LogP contribution is -2.31. The number of nitrogens with one attached hydrogen (secondary N) is 1. The van der Waals surface area contributed by atoms with Gasteiger partial charge in [-0.25, -0.2) is 0 Å². The van der Waals surface area contributed by atoms with Gasteiger partial charge in [-0.15, -0.1) is 0 Å². The molecule has 1 aliphatic rings. The Morgan fingerprint density at radius 1 is 1.08 bits per heavy atom. The van der Waals surface area contributed by atoms with Crippen molar-refractivity contribution in [3.8, 4) is 5.75 Å². The van der Waals surface area contributed by atoms with Gasteiger partial charge in [0.25, 0.3) is 5.91 Å². The van der Waals surface area contributed by atoms with Crippen LogP contribution in [0.15, 0.2) is 48.5 Å². The lowest BCUT2D eigenvalue weighted by Gasteiger charge is -2.30. The molecule has 0 radical (unpaired) electrons. The van der Waals surface area contributed by atoms with E-state index in [1.165, 1.54) is 19.3 Å². The van der Waals surface area contributed by atoms with Gasteiger partial charge < -0.3 is 20.7 Å². The average Bonchev–Trinajstić information content (AvgIpc) is 2.62. The summed E-state index contributed by atoms with van der Waals surface area (Å²) >= 11 is 0. The molecule has 2 aromatic carbocycles. The number of rotatable bonds is 5. The van der Waals surface area contributed by atoms with Crippen LogP contribution >= 0.6 is 0 Å². The number of nitrogen functional groups attached to an aromatic ring is 1. The van der Waals surface area contributed by atoms with Crippen molar-refractivity contribution in [2.45, 2.75) is 19.3 Å². The van der Waals surface area contributed by atoms with Gasteiger partial charge in [-0.3, -0.25) is 4.79 Å². The van der Waals surface area contributed by atoms with Crippen LogP contribution in [0.1, 0.15) is 19.3 Å². The second-order valence-corrected chi connectivity index (χ2v) is 5.97. The fourth-order valence-electron chi connectivity index (χ4n) is 2.92. The van der Waals surface area contributed by atoms with E-state index in [2.05, 4.69) is 10.2 Å². The highest BCUT2D eigenvalue weighted by molar-refractivity contribution is 5.96. The molecule has 0 atom stereocenters. The minimum absolute atomic E-state index is 0.0295. The van der Waals surface area contributed by atoms with E-state index < -0.39 is 0 Å². The molecule has 0 saturated carbocycles. The van der Waals surface area contributed by atoms with Crippen molar-refractivity contribution in [1.29, 1.82) is 0 Å². The first-order valence-electron chi connectivity index (χ1n) is 8.34. The van der Waals surface area contributed by atoms with Crippen LogP contribution in [0.25, 0.3) is 0 Å². The second-order valence-electron chi connectivity index (χ2n) is 5.97. The van der Waals surface area contributed by atoms with E-state index in [9.17, 15) is 4.79 Å². The van der Waals surface area contributed by atoms with Crippen molar-refractivity contribution in [1.82, 2.24) is 0 Å². The summed E-state index contributed by atoms with van der Waals surface area (Å²) in [6.45, 7) is 1.98. The van der Waals surface area contributed by atoms with Gasteiger partial charge in [0.05, 0.1) is 11.4 Å². The fourth-order valence-corrected chi connectivity index (χ4v) is 2.92. The summed E-state index contributed by atoms with van der Waals surface area (Å²) in [6.07, 6.45) is 3.61. The molecule has 1 saturated heterocycles. The van der Waals surface area contributed by atoms with Crippen molar-refractivity contribution < 1.29 is 9.53 Å². The third-order valence-corrected chi connectivity index (χ3v) is 4.10. The molecular formula is C19H23N3O2. The summed E-state index contributed by atoms with van der Waals surface area (Å²) < 4.78 is 5.50. The van der Waals surface area contributed by atoms with Crippen LogP contribution in [0.3, 0.4) is 0 Å². The molecule has 3 N–H and O–H groups in total. The Morgan fingerprint density at radius 3 is 2.58 bits per heavy atom. The number of hydrogen-bond donors (Lipinski definition) is 2. The topological polar surface area (TPSA) is 67.6 Å². The molecule has 2 aromatic rings. The van der Waals surface area contributed by atoms with E-state index in [1.54, 1.807) is 0 Å². The molecule has 3 rings (SSSR count). The Bertz CT molecular complexity index is 682. The van der Waals surface area contributed by atoms with Crippen LogP contribution in [0.4, 0.5) is 17.1 Å². The second kappa shape index (κ2) is 7.73.